The number of hydrogen-bond acceptors (Lipinski definition) is 6. The topological polar surface area (TPSA) is 145 Å². The van der Waals surface area contributed by atoms with Crippen molar-refractivity contribution < 1.29 is 24.2 Å². The van der Waals surface area contributed by atoms with Gasteiger partial charge >= 0.3 is 5.97 Å². The van der Waals surface area contributed by atoms with Gasteiger partial charge in [0.25, 0.3) is 0 Å². The van der Waals surface area contributed by atoms with Gasteiger partial charge in [-0.3, -0.25) is 9.59 Å². The van der Waals surface area contributed by atoms with Gasteiger partial charge in [-0.15, -0.1) is 0 Å². The average molecular weight is 275 g/mol. The van der Waals surface area contributed by atoms with Crippen molar-refractivity contribution in [3.8, 4) is 0 Å². The number of nitrogens with one attached hydrogen (secondary N) is 1. The fraction of sp³-hybridized carbons (Fsp3) is 0.727. The summed E-state index contributed by atoms with van der Waals surface area (Å²) in [7, 11) is 0. The van der Waals surface area contributed by atoms with Crippen molar-refractivity contribution in [3.05, 3.63) is 0 Å². The van der Waals surface area contributed by atoms with Crippen molar-refractivity contribution in [1.82, 2.24) is 5.32 Å². The van der Waals surface area contributed by atoms with E-state index in [1.54, 1.807) is 20.8 Å². The summed E-state index contributed by atoms with van der Waals surface area (Å²) in [6.07, 6.45) is -0.404. The first-order valence-corrected chi connectivity index (χ1v) is 5.74. The number of hydrogen-bond donors (Lipinski definition) is 4. The quantitative estimate of drug-likeness (QED) is 0.413. The van der Waals surface area contributed by atoms with Crippen LogP contribution < -0.4 is 16.8 Å². The number of nitrogens with two attached hydrogens (primary N) is 2. The molecule has 0 heterocycles. The van der Waals surface area contributed by atoms with Gasteiger partial charge in [0.15, 0.2) is 0 Å². The second-order valence-electron chi connectivity index (χ2n) is 5.05. The van der Waals surface area contributed by atoms with Gasteiger partial charge < -0.3 is 26.6 Å². The third-order valence-corrected chi connectivity index (χ3v) is 1.95. The lowest BCUT2D eigenvalue weighted by atomic mass is 10.1. The van der Waals surface area contributed by atoms with Crippen LogP contribution in [0.5, 0.6) is 0 Å². The molecule has 0 aromatic rings. The van der Waals surface area contributed by atoms with Gasteiger partial charge in [-0.25, -0.2) is 4.79 Å². The lowest BCUT2D eigenvalue weighted by Crippen LogP contribution is -2.52. The Kier molecular flexibility index (Phi) is 6.43. The number of esters is 1. The van der Waals surface area contributed by atoms with Gasteiger partial charge in [0.05, 0.1) is 13.0 Å². The molecule has 0 fully saturated rings. The Morgan fingerprint density at radius 1 is 1.32 bits per heavy atom. The molecule has 110 valence electrons. The lowest BCUT2D eigenvalue weighted by Gasteiger charge is -2.24. The van der Waals surface area contributed by atoms with E-state index in [9.17, 15) is 14.4 Å². The smallest absolute Gasteiger partial charge is 0.329 e. The van der Waals surface area contributed by atoms with Crippen molar-refractivity contribution >= 4 is 17.8 Å². The Balaban J connectivity index is 4.77. The maximum Gasteiger partial charge on any atom is 0.329 e. The summed E-state index contributed by atoms with van der Waals surface area (Å²) in [5.74, 6) is -2.32. The standard InChI is InChI=1S/C11H21N3O5/c1-11(2,3)19-10(18)7(4-8(13)16)14-9(17)6(12)5-15/h6-7,15H,4-5,12H2,1-3H3,(H2,13,16)(H,14,17)/t6-,7-/m0/s1. The summed E-state index contributed by atoms with van der Waals surface area (Å²) >= 11 is 0. The largest absolute Gasteiger partial charge is 0.458 e. The molecule has 0 radical (unpaired) electrons. The van der Waals surface area contributed by atoms with E-state index in [-0.39, 0.29) is 0 Å². The number of amides is 2. The number of aliphatic hydroxyl groups excluding tert-OH is 1. The Bertz CT molecular complexity index is 351. The molecule has 8 heteroatoms. The normalized spacial score (nSPS) is 14.4. The molecule has 19 heavy (non-hydrogen) atoms. The van der Waals surface area contributed by atoms with Crippen LogP contribution in [0.1, 0.15) is 27.2 Å². The van der Waals surface area contributed by atoms with E-state index >= 15 is 0 Å². The SMILES string of the molecule is CC(C)(C)OC(=O)[C@H](CC(N)=O)NC(=O)[C@@H](N)CO. The molecule has 0 aliphatic heterocycles. The van der Waals surface area contributed by atoms with Gasteiger partial charge in [-0.05, 0) is 20.8 Å². The Hall–Kier alpha value is -1.67. The van der Waals surface area contributed by atoms with Crippen molar-refractivity contribution in [1.29, 1.82) is 0 Å². The maximum atomic E-state index is 11.8. The highest BCUT2D eigenvalue weighted by atomic mass is 16.6. The van der Waals surface area contributed by atoms with Gasteiger partial charge in [0.1, 0.15) is 17.7 Å². The minimum absolute atomic E-state index is 0.404. The monoisotopic (exact) mass is 275 g/mol. The van der Waals surface area contributed by atoms with Crippen LogP contribution in [0.4, 0.5) is 0 Å². The highest BCUT2D eigenvalue weighted by molar-refractivity contribution is 5.90. The molecular weight excluding hydrogens is 254 g/mol. The van der Waals surface area contributed by atoms with E-state index < -0.39 is 48.5 Å². The van der Waals surface area contributed by atoms with E-state index in [1.807, 2.05) is 0 Å². The summed E-state index contributed by atoms with van der Waals surface area (Å²) in [6.45, 7) is 4.36. The van der Waals surface area contributed by atoms with Gasteiger partial charge in [-0.2, -0.15) is 0 Å². The molecule has 0 spiro atoms. The summed E-state index contributed by atoms with van der Waals surface area (Å²) in [4.78, 5) is 34.2. The van der Waals surface area contributed by atoms with Crippen molar-refractivity contribution in [2.24, 2.45) is 11.5 Å². The summed E-state index contributed by atoms with van der Waals surface area (Å²) < 4.78 is 5.05. The number of rotatable bonds is 6. The van der Waals surface area contributed by atoms with Crippen LogP contribution in [-0.4, -0.2) is 47.2 Å². The minimum Gasteiger partial charge on any atom is -0.458 e. The predicted octanol–water partition coefficient (Wildman–Crippen LogP) is -1.99. The third kappa shape index (κ3) is 7.37. The Morgan fingerprint density at radius 2 is 1.84 bits per heavy atom. The molecular formula is C11H21N3O5. The molecule has 2 atom stereocenters. The van der Waals surface area contributed by atoms with Crippen molar-refractivity contribution in [2.45, 2.75) is 44.9 Å². The van der Waals surface area contributed by atoms with Crippen LogP contribution in [0.15, 0.2) is 0 Å². The summed E-state index contributed by atoms with van der Waals surface area (Å²) in [6, 6.07) is -2.40. The Morgan fingerprint density at radius 3 is 2.21 bits per heavy atom. The van der Waals surface area contributed by atoms with E-state index in [1.165, 1.54) is 0 Å². The van der Waals surface area contributed by atoms with Crippen LogP contribution in [0, 0.1) is 0 Å². The van der Waals surface area contributed by atoms with Crippen LogP contribution in [0.2, 0.25) is 0 Å². The van der Waals surface area contributed by atoms with Gasteiger partial charge in [-0.1, -0.05) is 0 Å². The van der Waals surface area contributed by atoms with Crippen molar-refractivity contribution in [2.75, 3.05) is 6.61 Å². The van der Waals surface area contributed by atoms with E-state index in [0.717, 1.165) is 0 Å². The van der Waals surface area contributed by atoms with Crippen LogP contribution in [0.3, 0.4) is 0 Å². The van der Waals surface area contributed by atoms with Crippen molar-refractivity contribution in [3.63, 3.8) is 0 Å². The number of primary amides is 1. The molecule has 0 unspecified atom stereocenters. The molecule has 0 rings (SSSR count). The van der Waals surface area contributed by atoms with E-state index in [2.05, 4.69) is 5.32 Å². The molecule has 0 saturated carbocycles. The fourth-order valence-electron chi connectivity index (χ4n) is 1.13. The zero-order valence-electron chi connectivity index (χ0n) is 11.3. The highest BCUT2D eigenvalue weighted by Gasteiger charge is 2.29. The average Bonchev–Trinajstić information content (AvgIpc) is 2.23. The number of carbonyl (C=O) groups is 3. The second-order valence-corrected chi connectivity index (χ2v) is 5.05. The number of aliphatic hydroxyl groups is 1. The first kappa shape index (κ1) is 17.3. The van der Waals surface area contributed by atoms with Crippen LogP contribution in [0.25, 0.3) is 0 Å². The molecule has 0 saturated heterocycles. The first-order valence-electron chi connectivity index (χ1n) is 5.74. The molecule has 8 nitrogen and oxygen atoms in total. The van der Waals surface area contributed by atoms with Gasteiger partial charge in [0.2, 0.25) is 11.8 Å². The molecule has 6 N–H and O–H groups in total. The number of carbonyl (C=O) groups excluding carboxylic acids is 3. The molecule has 0 bridgehead atoms. The summed E-state index contributed by atoms with van der Waals surface area (Å²) in [5.41, 5.74) is 9.53. The fourth-order valence-corrected chi connectivity index (χ4v) is 1.13. The molecule has 2 amide bonds. The molecule has 0 aliphatic rings. The molecule has 0 aromatic carbocycles. The lowest BCUT2D eigenvalue weighted by molar-refractivity contribution is -0.159. The Labute approximate surface area is 111 Å². The molecule has 0 aliphatic carbocycles. The zero-order chi connectivity index (χ0) is 15.2. The van der Waals surface area contributed by atoms with Crippen LogP contribution in [-0.2, 0) is 19.1 Å². The van der Waals surface area contributed by atoms with E-state index in [4.69, 9.17) is 21.3 Å². The zero-order valence-corrected chi connectivity index (χ0v) is 11.3. The predicted molar refractivity (Wildman–Crippen MR) is 66.6 cm³/mol. The van der Waals surface area contributed by atoms with E-state index in [0.29, 0.717) is 0 Å². The highest BCUT2D eigenvalue weighted by Crippen LogP contribution is 2.09. The summed E-state index contributed by atoms with van der Waals surface area (Å²) in [5, 5.41) is 11.0. The second kappa shape index (κ2) is 7.05. The van der Waals surface area contributed by atoms with Crippen LogP contribution >= 0.6 is 0 Å². The number of ether oxygens (including phenoxy) is 1. The first-order chi connectivity index (χ1) is 8.56. The maximum absolute atomic E-state index is 11.8. The third-order valence-electron chi connectivity index (χ3n) is 1.95. The van der Waals surface area contributed by atoms with Gasteiger partial charge in [0, 0.05) is 0 Å². The minimum atomic E-state index is -1.22. The molecule has 0 aromatic heterocycles.